The highest BCUT2D eigenvalue weighted by atomic mass is 19.1. The van der Waals surface area contributed by atoms with Crippen molar-refractivity contribution in [3.05, 3.63) is 42.2 Å². The average molecular weight is 196 g/mol. The lowest BCUT2D eigenvalue weighted by Gasteiger charge is -2.04. The number of hydrogen-bond acceptors (Lipinski definition) is 2. The third-order valence-corrected chi connectivity index (χ3v) is 1.53. The molecular weight excluding hydrogens is 187 g/mol. The number of halogens is 1. The number of carboxylic acids is 1. The fourth-order valence-electron chi connectivity index (χ4n) is 0.763. The third-order valence-electron chi connectivity index (χ3n) is 1.53. The van der Waals surface area contributed by atoms with Gasteiger partial charge >= 0.3 is 5.97 Å². The van der Waals surface area contributed by atoms with Crippen molar-refractivity contribution in [1.82, 2.24) is 0 Å². The van der Waals surface area contributed by atoms with Gasteiger partial charge in [-0.2, -0.15) is 0 Å². The molecular formula is C10H9FO3. The van der Waals surface area contributed by atoms with Crippen LogP contribution in [0.15, 0.2) is 36.4 Å². The molecule has 0 bridgehead atoms. The van der Waals surface area contributed by atoms with Crippen molar-refractivity contribution >= 4 is 5.97 Å². The van der Waals surface area contributed by atoms with Gasteiger partial charge in [0.2, 0.25) is 0 Å². The lowest BCUT2D eigenvalue weighted by atomic mass is 10.3. The van der Waals surface area contributed by atoms with E-state index in [1.807, 2.05) is 0 Å². The molecule has 0 saturated carbocycles. The van der Waals surface area contributed by atoms with Crippen LogP contribution in [-0.2, 0) is 4.79 Å². The van der Waals surface area contributed by atoms with Gasteiger partial charge < -0.3 is 9.84 Å². The van der Waals surface area contributed by atoms with Crippen molar-refractivity contribution in [1.29, 1.82) is 0 Å². The second-order valence-electron chi connectivity index (χ2n) is 2.65. The van der Waals surface area contributed by atoms with Gasteiger partial charge in [-0.1, -0.05) is 6.58 Å². The maximum atomic E-state index is 12.4. The van der Waals surface area contributed by atoms with Crippen LogP contribution in [0.2, 0.25) is 0 Å². The third kappa shape index (κ3) is 2.90. The van der Waals surface area contributed by atoms with Crippen LogP contribution in [0.5, 0.6) is 5.75 Å². The van der Waals surface area contributed by atoms with E-state index in [9.17, 15) is 9.18 Å². The predicted molar refractivity (Wildman–Crippen MR) is 48.7 cm³/mol. The molecule has 4 heteroatoms. The van der Waals surface area contributed by atoms with E-state index in [0.717, 1.165) is 0 Å². The summed E-state index contributed by atoms with van der Waals surface area (Å²) in [5.74, 6) is -1.06. The van der Waals surface area contributed by atoms with Crippen LogP contribution in [0.1, 0.15) is 0 Å². The Bertz CT molecular complexity index is 343. The van der Waals surface area contributed by atoms with Gasteiger partial charge in [0.1, 0.15) is 18.2 Å². The first-order valence-electron chi connectivity index (χ1n) is 3.89. The number of benzene rings is 1. The Morgan fingerprint density at radius 3 is 2.50 bits per heavy atom. The molecule has 0 fully saturated rings. The van der Waals surface area contributed by atoms with Crippen LogP contribution in [0.4, 0.5) is 4.39 Å². The minimum absolute atomic E-state index is 0.0469. The standard InChI is InChI=1S/C10H9FO3/c1-7(10(12)13)6-14-9-4-2-8(11)3-5-9/h2-5H,1,6H2,(H,12,13). The fraction of sp³-hybridized carbons (Fsp3) is 0.100. The second kappa shape index (κ2) is 4.41. The Kier molecular flexibility index (Phi) is 3.23. The maximum Gasteiger partial charge on any atom is 0.334 e. The van der Waals surface area contributed by atoms with Crippen molar-refractivity contribution in [3.63, 3.8) is 0 Å². The molecule has 0 spiro atoms. The molecule has 0 aliphatic rings. The van der Waals surface area contributed by atoms with E-state index in [4.69, 9.17) is 9.84 Å². The Labute approximate surface area is 80.4 Å². The Balaban J connectivity index is 2.50. The second-order valence-corrected chi connectivity index (χ2v) is 2.65. The number of carboxylic acid groups (broad SMARTS) is 1. The van der Waals surface area contributed by atoms with E-state index < -0.39 is 5.97 Å². The lowest BCUT2D eigenvalue weighted by Crippen LogP contribution is -2.08. The summed E-state index contributed by atoms with van der Waals surface area (Å²) in [4.78, 5) is 10.3. The summed E-state index contributed by atoms with van der Waals surface area (Å²) in [6, 6.07) is 5.31. The minimum Gasteiger partial charge on any atom is -0.489 e. The Morgan fingerprint density at radius 1 is 1.43 bits per heavy atom. The van der Waals surface area contributed by atoms with E-state index in [1.54, 1.807) is 0 Å². The van der Waals surface area contributed by atoms with E-state index >= 15 is 0 Å². The first-order valence-corrected chi connectivity index (χ1v) is 3.89. The van der Waals surface area contributed by atoms with E-state index in [2.05, 4.69) is 6.58 Å². The molecule has 0 radical (unpaired) electrons. The molecule has 1 aromatic carbocycles. The van der Waals surface area contributed by atoms with Crippen molar-refractivity contribution in [3.8, 4) is 5.75 Å². The molecule has 0 unspecified atom stereocenters. The summed E-state index contributed by atoms with van der Waals surface area (Å²) >= 11 is 0. The summed E-state index contributed by atoms with van der Waals surface area (Å²) in [6.45, 7) is 3.18. The summed E-state index contributed by atoms with van der Waals surface area (Å²) in [5, 5.41) is 8.46. The molecule has 0 aliphatic carbocycles. The normalized spacial score (nSPS) is 9.50. The van der Waals surface area contributed by atoms with Crippen LogP contribution >= 0.6 is 0 Å². The maximum absolute atomic E-state index is 12.4. The number of ether oxygens (including phenoxy) is 1. The zero-order valence-electron chi connectivity index (χ0n) is 7.37. The fourth-order valence-corrected chi connectivity index (χ4v) is 0.763. The number of hydrogen-bond donors (Lipinski definition) is 1. The van der Waals surface area contributed by atoms with Crippen molar-refractivity contribution in [2.75, 3.05) is 6.61 Å². The first kappa shape index (κ1) is 10.2. The zero-order chi connectivity index (χ0) is 10.6. The van der Waals surface area contributed by atoms with Gasteiger partial charge in [-0.15, -0.1) is 0 Å². The van der Waals surface area contributed by atoms with Gasteiger partial charge in [-0.3, -0.25) is 0 Å². The molecule has 1 rings (SSSR count). The summed E-state index contributed by atoms with van der Waals surface area (Å²) in [5.41, 5.74) is -0.0469. The lowest BCUT2D eigenvalue weighted by molar-refractivity contribution is -0.133. The largest absolute Gasteiger partial charge is 0.489 e. The van der Waals surface area contributed by atoms with E-state index in [0.29, 0.717) is 5.75 Å². The van der Waals surface area contributed by atoms with E-state index in [1.165, 1.54) is 24.3 Å². The summed E-state index contributed by atoms with van der Waals surface area (Å²) in [7, 11) is 0. The van der Waals surface area contributed by atoms with Gasteiger partial charge in [0.25, 0.3) is 0 Å². The molecule has 0 heterocycles. The monoisotopic (exact) mass is 196 g/mol. The molecule has 14 heavy (non-hydrogen) atoms. The van der Waals surface area contributed by atoms with Gasteiger partial charge in [0.05, 0.1) is 5.57 Å². The van der Waals surface area contributed by atoms with Crippen molar-refractivity contribution in [2.45, 2.75) is 0 Å². The highest BCUT2D eigenvalue weighted by molar-refractivity contribution is 5.86. The predicted octanol–water partition coefficient (Wildman–Crippen LogP) is 1.85. The molecule has 0 aliphatic heterocycles. The van der Waals surface area contributed by atoms with E-state index in [-0.39, 0.29) is 18.0 Å². The SMILES string of the molecule is C=C(COc1ccc(F)cc1)C(=O)O. The molecule has 0 atom stereocenters. The van der Waals surface area contributed by atoms with Crippen LogP contribution in [0.25, 0.3) is 0 Å². The first-order chi connectivity index (χ1) is 6.59. The van der Waals surface area contributed by atoms with Crippen LogP contribution in [0, 0.1) is 5.82 Å². The number of aliphatic carboxylic acids is 1. The average Bonchev–Trinajstić information content (AvgIpc) is 2.16. The van der Waals surface area contributed by atoms with Gasteiger partial charge in [-0.25, -0.2) is 9.18 Å². The molecule has 1 N–H and O–H groups in total. The molecule has 0 aromatic heterocycles. The quantitative estimate of drug-likeness (QED) is 0.747. The minimum atomic E-state index is -1.10. The highest BCUT2D eigenvalue weighted by Gasteiger charge is 2.04. The summed E-state index contributed by atoms with van der Waals surface area (Å²) in [6.07, 6.45) is 0. The van der Waals surface area contributed by atoms with Gasteiger partial charge in [0.15, 0.2) is 0 Å². The zero-order valence-corrected chi connectivity index (χ0v) is 7.37. The van der Waals surface area contributed by atoms with Crippen molar-refractivity contribution < 1.29 is 19.0 Å². The Morgan fingerprint density at radius 2 is 2.00 bits per heavy atom. The molecule has 0 saturated heterocycles. The van der Waals surface area contributed by atoms with Gasteiger partial charge in [-0.05, 0) is 24.3 Å². The van der Waals surface area contributed by atoms with Crippen LogP contribution in [-0.4, -0.2) is 17.7 Å². The number of carbonyl (C=O) groups is 1. The molecule has 1 aromatic rings. The van der Waals surface area contributed by atoms with Crippen LogP contribution < -0.4 is 4.74 Å². The summed E-state index contributed by atoms with van der Waals surface area (Å²) < 4.78 is 17.5. The topological polar surface area (TPSA) is 46.5 Å². The molecule has 0 amide bonds. The molecule has 3 nitrogen and oxygen atoms in total. The van der Waals surface area contributed by atoms with Crippen molar-refractivity contribution in [2.24, 2.45) is 0 Å². The number of rotatable bonds is 4. The Hall–Kier alpha value is -1.84. The van der Waals surface area contributed by atoms with Crippen LogP contribution in [0.3, 0.4) is 0 Å². The smallest absolute Gasteiger partial charge is 0.334 e. The molecule has 74 valence electrons. The van der Waals surface area contributed by atoms with Gasteiger partial charge in [0, 0.05) is 0 Å². The highest BCUT2D eigenvalue weighted by Crippen LogP contribution is 2.11.